The molecule has 2 heteroatoms. The SMILES string of the molecule is N/N=[C]/C1CCCCC1. The second-order valence-corrected chi connectivity index (χ2v) is 2.59. The molecule has 0 saturated heterocycles. The van der Waals surface area contributed by atoms with Gasteiger partial charge in [0, 0.05) is 5.92 Å². The van der Waals surface area contributed by atoms with Gasteiger partial charge in [-0.1, -0.05) is 19.3 Å². The maximum Gasteiger partial charge on any atom is 0.0866 e. The van der Waals surface area contributed by atoms with Gasteiger partial charge in [0.15, 0.2) is 0 Å². The van der Waals surface area contributed by atoms with Gasteiger partial charge in [-0.05, 0) is 12.8 Å². The van der Waals surface area contributed by atoms with Crippen molar-refractivity contribution in [3.05, 3.63) is 0 Å². The highest BCUT2D eigenvalue weighted by molar-refractivity contribution is 5.60. The number of nitrogens with zero attached hydrogens (tertiary/aromatic N) is 1. The fraction of sp³-hybridized carbons (Fsp3) is 0.857. The molecule has 0 heterocycles. The minimum Gasteiger partial charge on any atom is -0.323 e. The van der Waals surface area contributed by atoms with Gasteiger partial charge in [0.05, 0.1) is 6.21 Å². The summed E-state index contributed by atoms with van der Waals surface area (Å²) in [4.78, 5) is 0. The molecule has 2 N–H and O–H groups in total. The summed E-state index contributed by atoms with van der Waals surface area (Å²) in [5, 5.41) is 3.41. The van der Waals surface area contributed by atoms with E-state index in [4.69, 9.17) is 5.84 Å². The van der Waals surface area contributed by atoms with E-state index >= 15 is 0 Å². The topological polar surface area (TPSA) is 38.4 Å². The van der Waals surface area contributed by atoms with Gasteiger partial charge in [0.2, 0.25) is 0 Å². The Kier molecular flexibility index (Phi) is 2.55. The van der Waals surface area contributed by atoms with Crippen molar-refractivity contribution in [1.29, 1.82) is 0 Å². The normalized spacial score (nSPS) is 23.1. The monoisotopic (exact) mass is 125 g/mol. The van der Waals surface area contributed by atoms with Crippen LogP contribution >= 0.6 is 0 Å². The fourth-order valence-electron chi connectivity index (χ4n) is 1.34. The van der Waals surface area contributed by atoms with E-state index in [1.54, 1.807) is 0 Å². The Morgan fingerprint density at radius 2 is 1.89 bits per heavy atom. The van der Waals surface area contributed by atoms with Crippen LogP contribution < -0.4 is 5.84 Å². The minimum atomic E-state index is 0.559. The van der Waals surface area contributed by atoms with Crippen LogP contribution in [0.15, 0.2) is 5.10 Å². The maximum absolute atomic E-state index is 4.97. The van der Waals surface area contributed by atoms with Gasteiger partial charge in [0.1, 0.15) is 0 Å². The Morgan fingerprint density at radius 1 is 1.22 bits per heavy atom. The third-order valence-corrected chi connectivity index (χ3v) is 1.86. The molecule has 2 nitrogen and oxygen atoms in total. The zero-order valence-corrected chi connectivity index (χ0v) is 5.64. The highest BCUT2D eigenvalue weighted by Crippen LogP contribution is 2.21. The lowest BCUT2D eigenvalue weighted by Crippen LogP contribution is -2.07. The van der Waals surface area contributed by atoms with Crippen molar-refractivity contribution in [2.24, 2.45) is 16.9 Å². The number of rotatable bonds is 1. The van der Waals surface area contributed by atoms with Crippen molar-refractivity contribution >= 4 is 6.21 Å². The molecule has 9 heavy (non-hydrogen) atoms. The van der Waals surface area contributed by atoms with Gasteiger partial charge in [-0.3, -0.25) is 0 Å². The Balaban J connectivity index is 2.23. The Hall–Kier alpha value is -0.530. The van der Waals surface area contributed by atoms with E-state index in [0.717, 1.165) is 0 Å². The molecule has 1 fully saturated rings. The summed E-state index contributed by atoms with van der Waals surface area (Å²) in [5.41, 5.74) is 0. The highest BCUT2D eigenvalue weighted by atomic mass is 15.1. The van der Waals surface area contributed by atoms with Crippen LogP contribution in [0.5, 0.6) is 0 Å². The number of hydrogen-bond acceptors (Lipinski definition) is 2. The molecule has 1 saturated carbocycles. The first-order valence-corrected chi connectivity index (χ1v) is 3.59. The molecule has 0 bridgehead atoms. The van der Waals surface area contributed by atoms with E-state index in [2.05, 4.69) is 11.3 Å². The summed E-state index contributed by atoms with van der Waals surface area (Å²) in [6, 6.07) is 0. The first kappa shape index (κ1) is 6.59. The van der Waals surface area contributed by atoms with Crippen molar-refractivity contribution in [2.75, 3.05) is 0 Å². The van der Waals surface area contributed by atoms with Crippen LogP contribution in [0.4, 0.5) is 0 Å². The molecule has 0 aliphatic heterocycles. The zero-order valence-electron chi connectivity index (χ0n) is 5.64. The van der Waals surface area contributed by atoms with Gasteiger partial charge < -0.3 is 5.84 Å². The summed E-state index contributed by atoms with van der Waals surface area (Å²) in [7, 11) is 0. The lowest BCUT2D eigenvalue weighted by molar-refractivity contribution is 0.444. The van der Waals surface area contributed by atoms with Gasteiger partial charge in [0.25, 0.3) is 0 Å². The average molecular weight is 125 g/mol. The maximum atomic E-state index is 4.97. The van der Waals surface area contributed by atoms with Crippen LogP contribution in [0, 0.1) is 5.92 Å². The van der Waals surface area contributed by atoms with Crippen LogP contribution in [-0.2, 0) is 0 Å². The summed E-state index contributed by atoms with van der Waals surface area (Å²) in [6.07, 6.45) is 9.39. The Morgan fingerprint density at radius 3 is 2.44 bits per heavy atom. The minimum absolute atomic E-state index is 0.559. The predicted molar refractivity (Wildman–Crippen MR) is 38.2 cm³/mol. The molecule has 1 radical (unpaired) electrons. The molecule has 1 aliphatic carbocycles. The second-order valence-electron chi connectivity index (χ2n) is 2.59. The quantitative estimate of drug-likeness (QED) is 0.321. The number of nitrogens with two attached hydrogens (primary N) is 1. The Bertz CT molecular complexity index is 93.1. The third-order valence-electron chi connectivity index (χ3n) is 1.86. The second kappa shape index (κ2) is 3.49. The standard InChI is InChI=1S/C7H13N2/c8-9-6-7-4-2-1-3-5-7/h7H,1-5,8H2. The highest BCUT2D eigenvalue weighted by Gasteiger charge is 2.10. The van der Waals surface area contributed by atoms with Crippen molar-refractivity contribution in [3.8, 4) is 0 Å². The van der Waals surface area contributed by atoms with Crippen LogP contribution in [-0.4, -0.2) is 6.21 Å². The lowest BCUT2D eigenvalue weighted by atomic mass is 9.90. The average Bonchev–Trinajstić information content (AvgIpc) is 1.91. The van der Waals surface area contributed by atoms with E-state index in [-0.39, 0.29) is 0 Å². The van der Waals surface area contributed by atoms with Gasteiger partial charge >= 0.3 is 0 Å². The van der Waals surface area contributed by atoms with Crippen molar-refractivity contribution in [1.82, 2.24) is 0 Å². The van der Waals surface area contributed by atoms with Gasteiger partial charge in [-0.2, -0.15) is 5.10 Å². The van der Waals surface area contributed by atoms with Crippen LogP contribution in [0.1, 0.15) is 32.1 Å². The first-order chi connectivity index (χ1) is 4.43. The molecule has 0 aromatic rings. The van der Waals surface area contributed by atoms with Crippen LogP contribution in [0.25, 0.3) is 0 Å². The molecule has 51 valence electrons. The molecule has 1 aliphatic rings. The first-order valence-electron chi connectivity index (χ1n) is 3.59. The molecule has 0 spiro atoms. The molecule has 0 aromatic carbocycles. The third kappa shape index (κ3) is 2.04. The molecule has 0 unspecified atom stereocenters. The van der Waals surface area contributed by atoms with Crippen molar-refractivity contribution < 1.29 is 0 Å². The predicted octanol–water partition coefficient (Wildman–Crippen LogP) is 1.39. The zero-order chi connectivity index (χ0) is 6.53. The summed E-state index contributed by atoms with van der Waals surface area (Å²) < 4.78 is 0. The molecule has 0 aromatic heterocycles. The van der Waals surface area contributed by atoms with Crippen molar-refractivity contribution in [3.63, 3.8) is 0 Å². The van der Waals surface area contributed by atoms with Gasteiger partial charge in [-0.15, -0.1) is 0 Å². The number of hydrogen-bond donors (Lipinski definition) is 1. The van der Waals surface area contributed by atoms with Crippen LogP contribution in [0.3, 0.4) is 0 Å². The molecule has 0 amide bonds. The van der Waals surface area contributed by atoms with Crippen molar-refractivity contribution in [2.45, 2.75) is 32.1 Å². The molecule has 0 atom stereocenters. The summed E-state index contributed by atoms with van der Waals surface area (Å²) in [6.45, 7) is 0. The molecular weight excluding hydrogens is 112 g/mol. The lowest BCUT2D eigenvalue weighted by Gasteiger charge is -2.15. The summed E-state index contributed by atoms with van der Waals surface area (Å²) >= 11 is 0. The number of hydrazone groups is 1. The van der Waals surface area contributed by atoms with E-state index < -0.39 is 0 Å². The fourth-order valence-corrected chi connectivity index (χ4v) is 1.34. The smallest absolute Gasteiger partial charge is 0.0866 e. The molecule has 1 rings (SSSR count). The van der Waals surface area contributed by atoms with E-state index in [1.165, 1.54) is 32.1 Å². The van der Waals surface area contributed by atoms with E-state index in [0.29, 0.717) is 5.92 Å². The summed E-state index contributed by atoms with van der Waals surface area (Å²) in [5.74, 6) is 5.53. The van der Waals surface area contributed by atoms with Crippen LogP contribution in [0.2, 0.25) is 0 Å². The Labute approximate surface area is 56.1 Å². The largest absolute Gasteiger partial charge is 0.323 e. The van der Waals surface area contributed by atoms with E-state index in [9.17, 15) is 0 Å². The molecular formula is C7H13N2. The van der Waals surface area contributed by atoms with E-state index in [1.807, 2.05) is 0 Å². The van der Waals surface area contributed by atoms with Gasteiger partial charge in [-0.25, -0.2) is 0 Å².